The van der Waals surface area contributed by atoms with Crippen molar-refractivity contribution in [3.05, 3.63) is 42.6 Å². The Morgan fingerprint density at radius 2 is 2.31 bits per heavy atom. The highest BCUT2D eigenvalue weighted by Crippen LogP contribution is 2.16. The summed E-state index contributed by atoms with van der Waals surface area (Å²) in [6.45, 7) is 0.691. The third kappa shape index (κ3) is 1.63. The van der Waals surface area contributed by atoms with Crippen LogP contribution >= 0.6 is 0 Å². The summed E-state index contributed by atoms with van der Waals surface area (Å²) in [4.78, 5) is 7.19. The first kappa shape index (κ1) is 8.96. The highest BCUT2D eigenvalue weighted by Gasteiger charge is 1.98. The van der Waals surface area contributed by atoms with Crippen LogP contribution in [0.4, 0.5) is 5.69 Å². The number of anilines is 1. The number of H-pyrrole nitrogens is 2. The zero-order valence-corrected chi connectivity index (χ0v) is 8.57. The SMILES string of the molecule is c1c[nH]c(CNc2ccc3[nH]ncc3c2)n1. The van der Waals surface area contributed by atoms with E-state index in [1.165, 1.54) is 0 Å². The fourth-order valence-corrected chi connectivity index (χ4v) is 1.63. The minimum absolute atomic E-state index is 0.691. The third-order valence-electron chi connectivity index (χ3n) is 2.46. The monoisotopic (exact) mass is 213 g/mol. The van der Waals surface area contributed by atoms with Crippen LogP contribution < -0.4 is 5.32 Å². The van der Waals surface area contributed by atoms with Crippen LogP contribution in [0.2, 0.25) is 0 Å². The number of imidazole rings is 1. The molecule has 0 spiro atoms. The van der Waals surface area contributed by atoms with Crippen molar-refractivity contribution >= 4 is 16.6 Å². The van der Waals surface area contributed by atoms with Crippen LogP contribution in [0.5, 0.6) is 0 Å². The van der Waals surface area contributed by atoms with Crippen LogP contribution in [0.15, 0.2) is 36.8 Å². The predicted octanol–water partition coefficient (Wildman–Crippen LogP) is 1.90. The molecule has 0 saturated heterocycles. The number of nitrogens with zero attached hydrogens (tertiary/aromatic N) is 2. The molecule has 0 unspecified atom stereocenters. The van der Waals surface area contributed by atoms with Gasteiger partial charge in [-0.1, -0.05) is 0 Å². The molecule has 0 amide bonds. The number of hydrogen-bond acceptors (Lipinski definition) is 3. The molecule has 0 aliphatic heterocycles. The van der Waals surface area contributed by atoms with E-state index in [0.29, 0.717) is 6.54 Å². The minimum atomic E-state index is 0.691. The van der Waals surface area contributed by atoms with Gasteiger partial charge in [-0.2, -0.15) is 5.10 Å². The fourth-order valence-electron chi connectivity index (χ4n) is 1.63. The van der Waals surface area contributed by atoms with Crippen LogP contribution in [0.25, 0.3) is 10.9 Å². The summed E-state index contributed by atoms with van der Waals surface area (Å²) in [6.07, 6.45) is 5.37. The van der Waals surface area contributed by atoms with E-state index in [0.717, 1.165) is 22.4 Å². The number of aromatic amines is 2. The van der Waals surface area contributed by atoms with Gasteiger partial charge < -0.3 is 10.3 Å². The van der Waals surface area contributed by atoms with Gasteiger partial charge in [0.2, 0.25) is 0 Å². The zero-order valence-electron chi connectivity index (χ0n) is 8.57. The van der Waals surface area contributed by atoms with Gasteiger partial charge in [-0.05, 0) is 18.2 Å². The molecule has 0 radical (unpaired) electrons. The highest BCUT2D eigenvalue weighted by atomic mass is 15.1. The first-order chi connectivity index (χ1) is 7.92. The molecule has 16 heavy (non-hydrogen) atoms. The van der Waals surface area contributed by atoms with E-state index in [-0.39, 0.29) is 0 Å². The lowest BCUT2D eigenvalue weighted by Gasteiger charge is -2.03. The van der Waals surface area contributed by atoms with Crippen molar-refractivity contribution in [1.82, 2.24) is 20.2 Å². The largest absolute Gasteiger partial charge is 0.378 e. The van der Waals surface area contributed by atoms with E-state index in [9.17, 15) is 0 Å². The lowest BCUT2D eigenvalue weighted by molar-refractivity contribution is 1.00. The van der Waals surface area contributed by atoms with E-state index in [1.807, 2.05) is 24.5 Å². The maximum Gasteiger partial charge on any atom is 0.125 e. The summed E-state index contributed by atoms with van der Waals surface area (Å²) >= 11 is 0. The number of fused-ring (bicyclic) bond motifs is 1. The molecule has 2 heterocycles. The quantitative estimate of drug-likeness (QED) is 0.622. The Labute approximate surface area is 91.9 Å². The van der Waals surface area contributed by atoms with Crippen LogP contribution in [0.1, 0.15) is 5.82 Å². The molecule has 2 aromatic heterocycles. The topological polar surface area (TPSA) is 69.4 Å². The van der Waals surface area contributed by atoms with Crippen LogP contribution in [0, 0.1) is 0 Å². The Morgan fingerprint density at radius 1 is 1.31 bits per heavy atom. The van der Waals surface area contributed by atoms with Crippen LogP contribution in [-0.2, 0) is 6.54 Å². The second-order valence-corrected chi connectivity index (χ2v) is 3.56. The molecular formula is C11H11N5. The van der Waals surface area contributed by atoms with Crippen molar-refractivity contribution in [3.8, 4) is 0 Å². The maximum atomic E-state index is 4.15. The summed E-state index contributed by atoms with van der Waals surface area (Å²) in [6, 6.07) is 6.08. The van der Waals surface area contributed by atoms with E-state index < -0.39 is 0 Å². The van der Waals surface area contributed by atoms with Crippen molar-refractivity contribution < 1.29 is 0 Å². The molecule has 3 aromatic rings. The van der Waals surface area contributed by atoms with Crippen molar-refractivity contribution in [2.45, 2.75) is 6.54 Å². The molecule has 0 atom stereocenters. The van der Waals surface area contributed by atoms with Gasteiger partial charge >= 0.3 is 0 Å². The highest BCUT2D eigenvalue weighted by molar-refractivity contribution is 5.81. The van der Waals surface area contributed by atoms with Gasteiger partial charge in [-0.25, -0.2) is 4.98 Å². The van der Waals surface area contributed by atoms with Gasteiger partial charge in [0.25, 0.3) is 0 Å². The van der Waals surface area contributed by atoms with Gasteiger partial charge in [0, 0.05) is 23.5 Å². The first-order valence-electron chi connectivity index (χ1n) is 5.07. The smallest absolute Gasteiger partial charge is 0.125 e. The average Bonchev–Trinajstić information content (AvgIpc) is 2.97. The predicted molar refractivity (Wildman–Crippen MR) is 62.0 cm³/mol. The number of aromatic nitrogens is 4. The van der Waals surface area contributed by atoms with Gasteiger partial charge in [0.15, 0.2) is 0 Å². The number of hydrogen-bond donors (Lipinski definition) is 3. The molecule has 5 nitrogen and oxygen atoms in total. The van der Waals surface area contributed by atoms with Gasteiger partial charge in [0.1, 0.15) is 5.82 Å². The molecule has 0 aliphatic rings. The summed E-state index contributed by atoms with van der Waals surface area (Å²) < 4.78 is 0. The third-order valence-corrected chi connectivity index (χ3v) is 2.46. The van der Waals surface area contributed by atoms with Crippen molar-refractivity contribution in [1.29, 1.82) is 0 Å². The van der Waals surface area contributed by atoms with E-state index in [1.54, 1.807) is 6.20 Å². The van der Waals surface area contributed by atoms with Gasteiger partial charge in [-0.15, -0.1) is 0 Å². The molecule has 3 N–H and O–H groups in total. The van der Waals surface area contributed by atoms with Gasteiger partial charge in [0.05, 0.1) is 18.3 Å². The molecule has 5 heteroatoms. The molecule has 1 aromatic carbocycles. The second-order valence-electron chi connectivity index (χ2n) is 3.56. The first-order valence-corrected chi connectivity index (χ1v) is 5.07. The Morgan fingerprint density at radius 3 is 3.19 bits per heavy atom. The van der Waals surface area contributed by atoms with Crippen LogP contribution in [-0.4, -0.2) is 20.2 Å². The van der Waals surface area contributed by atoms with Crippen molar-refractivity contribution in [3.63, 3.8) is 0 Å². The number of nitrogens with one attached hydrogen (secondary N) is 3. The van der Waals surface area contributed by atoms with Crippen LogP contribution in [0.3, 0.4) is 0 Å². The molecule has 0 saturated carbocycles. The number of rotatable bonds is 3. The summed E-state index contributed by atoms with van der Waals surface area (Å²) in [5.74, 6) is 0.923. The Hall–Kier alpha value is -2.30. The lowest BCUT2D eigenvalue weighted by atomic mass is 10.2. The molecule has 0 aliphatic carbocycles. The standard InChI is InChI=1S/C11H11N5/c1-2-10-8(6-15-16-10)5-9(1)14-7-11-12-3-4-13-11/h1-6,14H,7H2,(H,12,13)(H,15,16). The Balaban J connectivity index is 1.78. The van der Waals surface area contributed by atoms with Crippen molar-refractivity contribution in [2.75, 3.05) is 5.32 Å². The molecule has 80 valence electrons. The Kier molecular flexibility index (Phi) is 2.07. The van der Waals surface area contributed by atoms with Crippen molar-refractivity contribution in [2.24, 2.45) is 0 Å². The van der Waals surface area contributed by atoms with E-state index in [4.69, 9.17) is 0 Å². The zero-order chi connectivity index (χ0) is 10.8. The maximum absolute atomic E-state index is 4.15. The Bertz CT molecular complexity index is 581. The molecule has 3 rings (SSSR count). The normalized spacial score (nSPS) is 10.8. The summed E-state index contributed by atoms with van der Waals surface area (Å²) in [5, 5.41) is 11.3. The second kappa shape index (κ2) is 3.69. The van der Waals surface area contributed by atoms with Gasteiger partial charge in [-0.3, -0.25) is 5.10 Å². The van der Waals surface area contributed by atoms with E-state index >= 15 is 0 Å². The molecular weight excluding hydrogens is 202 g/mol. The lowest BCUT2D eigenvalue weighted by Crippen LogP contribution is -2.00. The fraction of sp³-hybridized carbons (Fsp3) is 0.0909. The summed E-state index contributed by atoms with van der Waals surface area (Å²) in [5.41, 5.74) is 2.11. The average molecular weight is 213 g/mol. The number of benzene rings is 1. The van der Waals surface area contributed by atoms with E-state index in [2.05, 4.69) is 31.5 Å². The minimum Gasteiger partial charge on any atom is -0.378 e. The molecule has 0 fully saturated rings. The molecule has 0 bridgehead atoms. The summed E-state index contributed by atoms with van der Waals surface area (Å²) in [7, 11) is 0.